The van der Waals surface area contributed by atoms with Gasteiger partial charge in [0.05, 0.1) is 23.3 Å². The zero-order chi connectivity index (χ0) is 19.0. The van der Waals surface area contributed by atoms with Crippen LogP contribution in [0.1, 0.15) is 40.8 Å². The van der Waals surface area contributed by atoms with Gasteiger partial charge in [0, 0.05) is 17.5 Å². The van der Waals surface area contributed by atoms with Crippen molar-refractivity contribution >= 4 is 33.3 Å². The number of nitrogens with zero attached hydrogens (tertiary/aromatic N) is 4. The van der Waals surface area contributed by atoms with Crippen LogP contribution in [0.25, 0.3) is 10.2 Å². The lowest BCUT2D eigenvalue weighted by Gasteiger charge is -2.11. The van der Waals surface area contributed by atoms with Gasteiger partial charge in [0.25, 0.3) is 5.91 Å². The summed E-state index contributed by atoms with van der Waals surface area (Å²) >= 11 is 1.47. The Hall–Kier alpha value is -2.93. The molecule has 1 aromatic carbocycles. The summed E-state index contributed by atoms with van der Waals surface area (Å²) in [5, 5.41) is 12.9. The van der Waals surface area contributed by atoms with Crippen molar-refractivity contribution in [3.63, 3.8) is 0 Å². The molecule has 6 nitrogen and oxygen atoms in total. The number of aryl methyl sites for hydroxylation is 1. The fourth-order valence-electron chi connectivity index (χ4n) is 3.09. The lowest BCUT2D eigenvalue weighted by molar-refractivity contribution is 0.102. The van der Waals surface area contributed by atoms with Gasteiger partial charge in [-0.15, -0.1) is 11.3 Å². The minimum atomic E-state index is -0.121. The van der Waals surface area contributed by atoms with Crippen LogP contribution in [0.2, 0.25) is 0 Å². The van der Waals surface area contributed by atoms with Gasteiger partial charge < -0.3 is 5.32 Å². The molecule has 1 N–H and O–H groups in total. The van der Waals surface area contributed by atoms with E-state index in [-0.39, 0.29) is 11.9 Å². The van der Waals surface area contributed by atoms with Crippen molar-refractivity contribution in [1.29, 1.82) is 0 Å². The minimum Gasteiger partial charge on any atom is -0.306 e. The molecular formula is C20H21N5OS. The molecule has 0 bridgehead atoms. The maximum Gasteiger partial charge on any atom is 0.266 e. The molecule has 27 heavy (non-hydrogen) atoms. The van der Waals surface area contributed by atoms with Gasteiger partial charge in [-0.2, -0.15) is 10.2 Å². The number of hydrogen-bond acceptors (Lipinski definition) is 4. The summed E-state index contributed by atoms with van der Waals surface area (Å²) in [7, 11) is 0. The predicted octanol–water partition coefficient (Wildman–Crippen LogP) is 4.48. The highest BCUT2D eigenvalue weighted by atomic mass is 32.1. The average Bonchev–Trinajstić information content (AvgIpc) is 3.34. The highest BCUT2D eigenvalue weighted by molar-refractivity contribution is 7.20. The average molecular weight is 379 g/mol. The molecule has 0 spiro atoms. The molecule has 0 atom stereocenters. The van der Waals surface area contributed by atoms with Crippen LogP contribution < -0.4 is 5.32 Å². The summed E-state index contributed by atoms with van der Waals surface area (Å²) in [6, 6.07) is 14.1. The van der Waals surface area contributed by atoms with E-state index in [4.69, 9.17) is 0 Å². The molecule has 0 aliphatic carbocycles. The third-order valence-corrected chi connectivity index (χ3v) is 5.55. The Morgan fingerprint density at radius 1 is 1.22 bits per heavy atom. The molecule has 138 valence electrons. The molecular weight excluding hydrogens is 358 g/mol. The van der Waals surface area contributed by atoms with E-state index in [2.05, 4.69) is 27.6 Å². The van der Waals surface area contributed by atoms with E-state index < -0.39 is 0 Å². The standard InChI is InChI=1S/C20H21N5OS/c1-13(2)25-18(9-10-21-25)22-19(26)17-11-16-14(3)23-24(20(16)27-17)12-15-7-5-4-6-8-15/h4-11,13H,12H2,1-3H3,(H,22,26). The molecule has 4 aromatic rings. The largest absolute Gasteiger partial charge is 0.306 e. The summed E-state index contributed by atoms with van der Waals surface area (Å²) in [5.41, 5.74) is 2.12. The second kappa shape index (κ2) is 7.00. The smallest absolute Gasteiger partial charge is 0.266 e. The van der Waals surface area contributed by atoms with E-state index in [0.717, 1.165) is 15.9 Å². The van der Waals surface area contributed by atoms with Crippen molar-refractivity contribution in [3.05, 3.63) is 64.8 Å². The third-order valence-electron chi connectivity index (χ3n) is 4.41. The molecule has 4 rings (SSSR count). The Labute approximate surface area is 161 Å². The van der Waals surface area contributed by atoms with Crippen molar-refractivity contribution in [1.82, 2.24) is 19.6 Å². The maximum absolute atomic E-state index is 12.8. The highest BCUT2D eigenvalue weighted by Gasteiger charge is 2.18. The van der Waals surface area contributed by atoms with E-state index in [9.17, 15) is 4.79 Å². The molecule has 3 heterocycles. The van der Waals surface area contributed by atoms with Crippen molar-refractivity contribution in [2.75, 3.05) is 5.32 Å². The number of amides is 1. The number of nitrogens with one attached hydrogen (secondary N) is 1. The topological polar surface area (TPSA) is 64.7 Å². The SMILES string of the molecule is Cc1nn(Cc2ccccc2)c2sc(C(=O)Nc3ccnn3C(C)C)cc12. The van der Waals surface area contributed by atoms with Crippen LogP contribution in [-0.2, 0) is 6.54 Å². The molecule has 0 aliphatic rings. The normalized spacial score (nSPS) is 11.4. The number of aromatic nitrogens is 4. The summed E-state index contributed by atoms with van der Waals surface area (Å²) < 4.78 is 3.77. The van der Waals surface area contributed by atoms with Crippen LogP contribution in [0.15, 0.2) is 48.7 Å². The van der Waals surface area contributed by atoms with Crippen LogP contribution in [-0.4, -0.2) is 25.5 Å². The Bertz CT molecular complexity index is 1090. The summed E-state index contributed by atoms with van der Waals surface area (Å²) in [5.74, 6) is 0.583. The second-order valence-corrected chi connectivity index (χ2v) is 7.80. The van der Waals surface area contributed by atoms with Crippen LogP contribution >= 0.6 is 11.3 Å². The van der Waals surface area contributed by atoms with E-state index >= 15 is 0 Å². The quantitative estimate of drug-likeness (QED) is 0.556. The first-order valence-electron chi connectivity index (χ1n) is 8.88. The fourth-order valence-corrected chi connectivity index (χ4v) is 4.15. The van der Waals surface area contributed by atoms with E-state index in [0.29, 0.717) is 17.2 Å². The number of carbonyl (C=O) groups is 1. The van der Waals surface area contributed by atoms with Crippen molar-refractivity contribution < 1.29 is 4.79 Å². The number of hydrogen-bond donors (Lipinski definition) is 1. The number of benzene rings is 1. The zero-order valence-corrected chi connectivity index (χ0v) is 16.3. The van der Waals surface area contributed by atoms with Crippen molar-refractivity contribution in [3.8, 4) is 0 Å². The molecule has 0 aliphatic heterocycles. The number of anilines is 1. The molecule has 0 unspecified atom stereocenters. The minimum absolute atomic E-state index is 0.121. The van der Waals surface area contributed by atoms with Gasteiger partial charge >= 0.3 is 0 Å². The summed E-state index contributed by atoms with van der Waals surface area (Å²) in [6.07, 6.45) is 1.70. The Morgan fingerprint density at radius 2 is 2.00 bits per heavy atom. The highest BCUT2D eigenvalue weighted by Crippen LogP contribution is 2.29. The van der Waals surface area contributed by atoms with Gasteiger partial charge in [0.1, 0.15) is 10.6 Å². The van der Waals surface area contributed by atoms with Gasteiger partial charge in [0.15, 0.2) is 0 Å². The van der Waals surface area contributed by atoms with Crippen LogP contribution in [0.3, 0.4) is 0 Å². The molecule has 0 saturated carbocycles. The molecule has 3 aromatic heterocycles. The lowest BCUT2D eigenvalue weighted by Crippen LogP contribution is -2.15. The van der Waals surface area contributed by atoms with Crippen molar-refractivity contribution in [2.24, 2.45) is 0 Å². The maximum atomic E-state index is 12.8. The van der Waals surface area contributed by atoms with Gasteiger partial charge in [-0.05, 0) is 32.4 Å². The lowest BCUT2D eigenvalue weighted by atomic mass is 10.2. The second-order valence-electron chi connectivity index (χ2n) is 6.77. The Balaban J connectivity index is 1.62. The first-order chi connectivity index (χ1) is 13.0. The molecule has 7 heteroatoms. The molecule has 0 fully saturated rings. The first kappa shape index (κ1) is 17.5. The predicted molar refractivity (Wildman–Crippen MR) is 108 cm³/mol. The monoisotopic (exact) mass is 379 g/mol. The van der Waals surface area contributed by atoms with E-state index in [1.165, 1.54) is 16.9 Å². The fraction of sp³-hybridized carbons (Fsp3) is 0.250. The first-order valence-corrected chi connectivity index (χ1v) is 9.70. The summed E-state index contributed by atoms with van der Waals surface area (Å²) in [6.45, 7) is 6.73. The van der Waals surface area contributed by atoms with Crippen LogP contribution in [0.4, 0.5) is 5.82 Å². The van der Waals surface area contributed by atoms with Crippen LogP contribution in [0.5, 0.6) is 0 Å². The van der Waals surface area contributed by atoms with E-state index in [1.807, 2.05) is 55.8 Å². The number of rotatable bonds is 5. The number of thiophene rings is 1. The summed E-state index contributed by atoms with van der Waals surface area (Å²) in [4.78, 5) is 14.4. The zero-order valence-electron chi connectivity index (χ0n) is 15.5. The third kappa shape index (κ3) is 3.38. The number of fused-ring (bicyclic) bond motifs is 1. The van der Waals surface area contributed by atoms with Gasteiger partial charge in [0.2, 0.25) is 0 Å². The Kier molecular flexibility index (Phi) is 4.53. The van der Waals surface area contributed by atoms with Gasteiger partial charge in [-0.1, -0.05) is 30.3 Å². The van der Waals surface area contributed by atoms with Crippen molar-refractivity contribution in [2.45, 2.75) is 33.4 Å². The molecule has 1 amide bonds. The molecule has 0 radical (unpaired) electrons. The van der Waals surface area contributed by atoms with Gasteiger partial charge in [-0.3, -0.25) is 9.48 Å². The number of carbonyl (C=O) groups excluding carboxylic acids is 1. The Morgan fingerprint density at radius 3 is 2.74 bits per heavy atom. The van der Waals surface area contributed by atoms with Gasteiger partial charge in [-0.25, -0.2) is 4.68 Å². The van der Waals surface area contributed by atoms with Crippen LogP contribution in [0, 0.1) is 6.92 Å². The van der Waals surface area contributed by atoms with E-state index in [1.54, 1.807) is 10.9 Å². The molecule has 0 saturated heterocycles.